The standard InChI is InChI=1S/C11H10F3NO/c1-15-5-7(6-16)9-4-8(11(12,13)14)2-3-10(9)15/h2-5,16H,6H2,1H3. The molecule has 0 aliphatic carbocycles. The van der Waals surface area contributed by atoms with Crippen LogP contribution in [0.25, 0.3) is 10.9 Å². The normalized spacial score (nSPS) is 12.3. The summed E-state index contributed by atoms with van der Waals surface area (Å²) in [5.41, 5.74) is 0.488. The monoisotopic (exact) mass is 229 g/mol. The van der Waals surface area contributed by atoms with Gasteiger partial charge in [0.25, 0.3) is 0 Å². The minimum Gasteiger partial charge on any atom is -0.392 e. The highest BCUT2D eigenvalue weighted by atomic mass is 19.4. The van der Waals surface area contributed by atoms with E-state index in [2.05, 4.69) is 0 Å². The molecular formula is C11H10F3NO. The molecule has 0 unspecified atom stereocenters. The number of aliphatic hydroxyl groups excluding tert-OH is 1. The van der Waals surface area contributed by atoms with Crippen molar-refractivity contribution in [2.24, 2.45) is 7.05 Å². The Morgan fingerprint density at radius 2 is 2.00 bits per heavy atom. The molecule has 1 heterocycles. The van der Waals surface area contributed by atoms with E-state index in [9.17, 15) is 13.2 Å². The topological polar surface area (TPSA) is 25.2 Å². The summed E-state index contributed by atoms with van der Waals surface area (Å²) in [6.07, 6.45) is -2.72. The Morgan fingerprint density at radius 1 is 1.31 bits per heavy atom. The number of aliphatic hydroxyl groups is 1. The zero-order valence-electron chi connectivity index (χ0n) is 8.54. The van der Waals surface area contributed by atoms with Crippen LogP contribution in [0.4, 0.5) is 13.2 Å². The first-order valence-corrected chi connectivity index (χ1v) is 4.69. The molecule has 0 amide bonds. The van der Waals surface area contributed by atoms with E-state index in [1.807, 2.05) is 0 Å². The summed E-state index contributed by atoms with van der Waals surface area (Å²) < 4.78 is 39.2. The lowest BCUT2D eigenvalue weighted by Gasteiger charge is -2.06. The van der Waals surface area contributed by atoms with Gasteiger partial charge in [0.2, 0.25) is 0 Å². The highest BCUT2D eigenvalue weighted by Gasteiger charge is 2.30. The second kappa shape index (κ2) is 3.52. The van der Waals surface area contributed by atoms with Crippen molar-refractivity contribution in [3.63, 3.8) is 0 Å². The van der Waals surface area contributed by atoms with E-state index in [-0.39, 0.29) is 6.61 Å². The maximum Gasteiger partial charge on any atom is 0.416 e. The van der Waals surface area contributed by atoms with Gasteiger partial charge < -0.3 is 9.67 Å². The molecule has 0 saturated carbocycles. The van der Waals surface area contributed by atoms with E-state index in [0.29, 0.717) is 16.5 Å². The Morgan fingerprint density at radius 3 is 2.56 bits per heavy atom. The fourth-order valence-electron chi connectivity index (χ4n) is 1.78. The molecule has 2 aromatic rings. The quantitative estimate of drug-likeness (QED) is 0.799. The maximum atomic E-state index is 12.5. The zero-order valence-corrected chi connectivity index (χ0v) is 8.54. The summed E-state index contributed by atoms with van der Waals surface area (Å²) in [5.74, 6) is 0. The van der Waals surface area contributed by atoms with E-state index in [0.717, 1.165) is 12.1 Å². The lowest BCUT2D eigenvalue weighted by atomic mass is 10.1. The summed E-state index contributed by atoms with van der Waals surface area (Å²) in [6.45, 7) is -0.265. The number of aryl methyl sites for hydroxylation is 1. The summed E-state index contributed by atoms with van der Waals surface area (Å²) >= 11 is 0. The predicted molar refractivity (Wildman–Crippen MR) is 53.8 cm³/mol. The number of rotatable bonds is 1. The van der Waals surface area contributed by atoms with Gasteiger partial charge in [-0.3, -0.25) is 0 Å². The molecule has 1 aromatic carbocycles. The van der Waals surface area contributed by atoms with E-state index < -0.39 is 11.7 Å². The molecule has 5 heteroatoms. The molecule has 0 aliphatic rings. The molecule has 0 saturated heterocycles. The van der Waals surface area contributed by atoms with Gasteiger partial charge in [-0.15, -0.1) is 0 Å². The van der Waals surface area contributed by atoms with E-state index >= 15 is 0 Å². The van der Waals surface area contributed by atoms with Crippen LogP contribution >= 0.6 is 0 Å². The van der Waals surface area contributed by atoms with Crippen LogP contribution < -0.4 is 0 Å². The van der Waals surface area contributed by atoms with Gasteiger partial charge >= 0.3 is 6.18 Å². The number of benzene rings is 1. The molecule has 16 heavy (non-hydrogen) atoms. The number of aromatic nitrogens is 1. The molecule has 0 fully saturated rings. The second-order valence-electron chi connectivity index (χ2n) is 3.65. The van der Waals surface area contributed by atoms with Crippen LogP contribution in [-0.4, -0.2) is 9.67 Å². The van der Waals surface area contributed by atoms with Gasteiger partial charge in [-0.25, -0.2) is 0 Å². The van der Waals surface area contributed by atoms with Gasteiger partial charge in [-0.2, -0.15) is 13.2 Å². The van der Waals surface area contributed by atoms with Crippen molar-refractivity contribution in [3.05, 3.63) is 35.5 Å². The fraction of sp³-hybridized carbons (Fsp3) is 0.273. The second-order valence-corrected chi connectivity index (χ2v) is 3.65. The Kier molecular flexibility index (Phi) is 2.42. The summed E-state index contributed by atoms with van der Waals surface area (Å²) in [6, 6.07) is 3.53. The third-order valence-electron chi connectivity index (χ3n) is 2.57. The van der Waals surface area contributed by atoms with Crippen LogP contribution in [0, 0.1) is 0 Å². The van der Waals surface area contributed by atoms with Crippen LogP contribution in [0.2, 0.25) is 0 Å². The molecule has 2 nitrogen and oxygen atoms in total. The van der Waals surface area contributed by atoms with Crippen LogP contribution in [0.15, 0.2) is 24.4 Å². The van der Waals surface area contributed by atoms with Crippen molar-refractivity contribution in [2.75, 3.05) is 0 Å². The largest absolute Gasteiger partial charge is 0.416 e. The highest BCUT2D eigenvalue weighted by molar-refractivity contribution is 5.84. The summed E-state index contributed by atoms with van der Waals surface area (Å²) in [5, 5.41) is 9.49. The van der Waals surface area contributed by atoms with E-state index in [4.69, 9.17) is 5.11 Å². The molecule has 1 N–H and O–H groups in total. The third-order valence-corrected chi connectivity index (χ3v) is 2.57. The average molecular weight is 229 g/mol. The molecule has 0 atom stereocenters. The maximum absolute atomic E-state index is 12.5. The van der Waals surface area contributed by atoms with Crippen molar-refractivity contribution in [1.82, 2.24) is 4.57 Å². The van der Waals surface area contributed by atoms with Crippen molar-refractivity contribution in [1.29, 1.82) is 0 Å². The lowest BCUT2D eigenvalue weighted by Crippen LogP contribution is -2.04. The molecule has 1 aromatic heterocycles. The smallest absolute Gasteiger partial charge is 0.392 e. The lowest BCUT2D eigenvalue weighted by molar-refractivity contribution is -0.137. The third kappa shape index (κ3) is 1.67. The summed E-state index contributed by atoms with van der Waals surface area (Å²) in [4.78, 5) is 0. The van der Waals surface area contributed by atoms with Crippen molar-refractivity contribution in [3.8, 4) is 0 Å². The molecular weight excluding hydrogens is 219 g/mol. The first-order chi connectivity index (χ1) is 7.43. The van der Waals surface area contributed by atoms with E-state index in [1.165, 1.54) is 6.07 Å². The Bertz CT molecular complexity index is 528. The Hall–Kier alpha value is -1.49. The van der Waals surface area contributed by atoms with E-state index in [1.54, 1.807) is 17.8 Å². The van der Waals surface area contributed by atoms with Gasteiger partial charge in [0, 0.05) is 29.7 Å². The molecule has 2 rings (SSSR count). The van der Waals surface area contributed by atoms with Gasteiger partial charge in [0.15, 0.2) is 0 Å². The van der Waals surface area contributed by atoms with Gasteiger partial charge in [-0.1, -0.05) is 0 Å². The number of hydrogen-bond acceptors (Lipinski definition) is 1. The van der Waals surface area contributed by atoms with Crippen LogP contribution in [0.3, 0.4) is 0 Å². The number of nitrogens with zero attached hydrogens (tertiary/aromatic N) is 1. The number of alkyl halides is 3. The molecule has 0 radical (unpaired) electrons. The van der Waals surface area contributed by atoms with Crippen LogP contribution in [0.1, 0.15) is 11.1 Å². The SMILES string of the molecule is Cn1cc(CO)c2cc(C(F)(F)F)ccc21. The zero-order chi connectivity index (χ0) is 11.9. The number of fused-ring (bicyclic) bond motifs is 1. The van der Waals surface area contributed by atoms with Crippen molar-refractivity contribution in [2.45, 2.75) is 12.8 Å². The van der Waals surface area contributed by atoms with Gasteiger partial charge in [0.1, 0.15) is 0 Å². The minimum absolute atomic E-state index is 0.265. The van der Waals surface area contributed by atoms with Crippen molar-refractivity contribution >= 4 is 10.9 Å². The molecule has 0 spiro atoms. The molecule has 0 aliphatic heterocycles. The first kappa shape index (κ1) is 11.0. The molecule has 0 bridgehead atoms. The van der Waals surface area contributed by atoms with Crippen LogP contribution in [-0.2, 0) is 19.8 Å². The first-order valence-electron chi connectivity index (χ1n) is 4.69. The van der Waals surface area contributed by atoms with Crippen molar-refractivity contribution < 1.29 is 18.3 Å². The Labute approximate surface area is 89.9 Å². The number of halogens is 3. The molecule has 86 valence electrons. The fourth-order valence-corrected chi connectivity index (χ4v) is 1.78. The van der Waals surface area contributed by atoms with Gasteiger partial charge in [0.05, 0.1) is 12.2 Å². The minimum atomic E-state index is -4.35. The van der Waals surface area contributed by atoms with Gasteiger partial charge in [-0.05, 0) is 18.2 Å². The van der Waals surface area contributed by atoms with Crippen LogP contribution in [0.5, 0.6) is 0 Å². The average Bonchev–Trinajstić information content (AvgIpc) is 2.54. The number of hydrogen-bond donors (Lipinski definition) is 1. The summed E-state index contributed by atoms with van der Waals surface area (Å²) in [7, 11) is 1.73. The predicted octanol–water partition coefficient (Wildman–Crippen LogP) is 2.69. The Balaban J connectivity index is 2.69. The highest BCUT2D eigenvalue weighted by Crippen LogP contribution is 2.32.